The van der Waals surface area contributed by atoms with Crippen molar-refractivity contribution in [2.75, 3.05) is 5.32 Å². The van der Waals surface area contributed by atoms with Crippen LogP contribution in [0, 0.1) is 0 Å². The van der Waals surface area contributed by atoms with Crippen LogP contribution >= 0.6 is 0 Å². The molecule has 1 aliphatic heterocycles. The minimum Gasteiger partial charge on any atom is -0.478 e. The highest BCUT2D eigenvalue weighted by atomic mass is 16.4. The molecule has 5 nitrogen and oxygen atoms in total. The number of carboxylic acid groups (broad SMARTS) is 1. The molecule has 1 aliphatic rings. The standard InChI is InChI=1S/C11H12N2O3/c12-8-4-3-6-1-2-7(11(15)16)5-9(6)13-10(8)14/h1-2,5,8H,3-4,12H2,(H,13,14)(H,15,16). The van der Waals surface area contributed by atoms with Gasteiger partial charge in [-0.25, -0.2) is 4.79 Å². The predicted octanol–water partition coefficient (Wildman–Crippen LogP) is 0.597. The van der Waals surface area contributed by atoms with Crippen LogP contribution in [-0.2, 0) is 11.2 Å². The molecule has 16 heavy (non-hydrogen) atoms. The highest BCUT2D eigenvalue weighted by Gasteiger charge is 2.20. The van der Waals surface area contributed by atoms with E-state index in [1.807, 2.05) is 0 Å². The van der Waals surface area contributed by atoms with Crippen molar-refractivity contribution in [2.24, 2.45) is 5.73 Å². The number of anilines is 1. The lowest BCUT2D eigenvalue weighted by molar-refractivity contribution is -0.117. The summed E-state index contributed by atoms with van der Waals surface area (Å²) < 4.78 is 0. The van der Waals surface area contributed by atoms with Gasteiger partial charge >= 0.3 is 5.97 Å². The number of amides is 1. The van der Waals surface area contributed by atoms with Gasteiger partial charge in [-0.15, -0.1) is 0 Å². The SMILES string of the molecule is NC1CCc2ccc(C(=O)O)cc2NC1=O. The van der Waals surface area contributed by atoms with Crippen LogP contribution in [0.15, 0.2) is 18.2 Å². The van der Waals surface area contributed by atoms with Crippen LogP contribution in [0.4, 0.5) is 5.69 Å². The van der Waals surface area contributed by atoms with Gasteiger partial charge in [-0.1, -0.05) is 6.07 Å². The Kier molecular flexibility index (Phi) is 2.62. The van der Waals surface area contributed by atoms with E-state index in [4.69, 9.17) is 10.8 Å². The molecule has 1 heterocycles. The fraction of sp³-hybridized carbons (Fsp3) is 0.273. The Hall–Kier alpha value is -1.88. The molecule has 0 aliphatic carbocycles. The number of nitrogens with one attached hydrogen (secondary N) is 1. The summed E-state index contributed by atoms with van der Waals surface area (Å²) in [4.78, 5) is 22.3. The maximum absolute atomic E-state index is 11.5. The first kappa shape index (κ1) is 10.6. The molecule has 1 aromatic carbocycles. The fourth-order valence-corrected chi connectivity index (χ4v) is 1.71. The molecule has 4 N–H and O–H groups in total. The van der Waals surface area contributed by atoms with E-state index < -0.39 is 12.0 Å². The number of rotatable bonds is 1. The summed E-state index contributed by atoms with van der Waals surface area (Å²) in [5.41, 5.74) is 7.26. The number of hydrogen-bond acceptors (Lipinski definition) is 3. The highest BCUT2D eigenvalue weighted by Crippen LogP contribution is 2.23. The Morgan fingerprint density at radius 3 is 2.94 bits per heavy atom. The minimum absolute atomic E-state index is 0.162. The van der Waals surface area contributed by atoms with Crippen LogP contribution in [0.25, 0.3) is 0 Å². The molecule has 5 heteroatoms. The molecule has 0 fully saturated rings. The first-order valence-corrected chi connectivity index (χ1v) is 5.00. The number of fused-ring (bicyclic) bond motifs is 1. The molecular weight excluding hydrogens is 208 g/mol. The summed E-state index contributed by atoms with van der Waals surface area (Å²) in [6.45, 7) is 0. The zero-order valence-corrected chi connectivity index (χ0v) is 8.56. The number of carbonyl (C=O) groups excluding carboxylic acids is 1. The molecule has 0 radical (unpaired) electrons. The smallest absolute Gasteiger partial charge is 0.335 e. The Morgan fingerprint density at radius 2 is 2.25 bits per heavy atom. The van der Waals surface area contributed by atoms with Gasteiger partial charge in [0.05, 0.1) is 11.6 Å². The van der Waals surface area contributed by atoms with Crippen LogP contribution < -0.4 is 11.1 Å². The third-order valence-corrected chi connectivity index (χ3v) is 2.68. The average molecular weight is 220 g/mol. The number of carbonyl (C=O) groups is 2. The van der Waals surface area contributed by atoms with E-state index in [0.717, 1.165) is 5.56 Å². The van der Waals surface area contributed by atoms with Crippen LogP contribution in [0.1, 0.15) is 22.3 Å². The van der Waals surface area contributed by atoms with Gasteiger partial charge in [-0.3, -0.25) is 4.79 Å². The highest BCUT2D eigenvalue weighted by molar-refractivity contribution is 5.98. The van der Waals surface area contributed by atoms with E-state index in [1.165, 1.54) is 12.1 Å². The number of hydrogen-bond donors (Lipinski definition) is 3. The summed E-state index contributed by atoms with van der Waals surface area (Å²) in [6, 6.07) is 4.19. The van der Waals surface area contributed by atoms with Crippen molar-refractivity contribution in [2.45, 2.75) is 18.9 Å². The zero-order valence-electron chi connectivity index (χ0n) is 8.56. The lowest BCUT2D eigenvalue weighted by atomic mass is 10.0. The van der Waals surface area contributed by atoms with E-state index in [1.54, 1.807) is 6.07 Å². The first-order chi connectivity index (χ1) is 7.58. The van der Waals surface area contributed by atoms with Gasteiger partial charge in [-0.05, 0) is 30.5 Å². The third-order valence-electron chi connectivity index (χ3n) is 2.68. The summed E-state index contributed by atoms with van der Waals surface area (Å²) in [7, 11) is 0. The lowest BCUT2D eigenvalue weighted by Crippen LogP contribution is -2.34. The fourth-order valence-electron chi connectivity index (χ4n) is 1.71. The summed E-state index contributed by atoms with van der Waals surface area (Å²) >= 11 is 0. The number of carboxylic acids is 1. The largest absolute Gasteiger partial charge is 0.478 e. The van der Waals surface area contributed by atoms with Crippen molar-refractivity contribution in [1.29, 1.82) is 0 Å². The second kappa shape index (κ2) is 3.94. The van der Waals surface area contributed by atoms with Gasteiger partial charge in [0.25, 0.3) is 0 Å². The Morgan fingerprint density at radius 1 is 1.50 bits per heavy atom. The van der Waals surface area contributed by atoms with E-state index in [9.17, 15) is 9.59 Å². The van der Waals surface area contributed by atoms with Crippen molar-refractivity contribution in [1.82, 2.24) is 0 Å². The summed E-state index contributed by atoms with van der Waals surface area (Å²) in [5.74, 6) is -1.27. The van der Waals surface area contributed by atoms with E-state index >= 15 is 0 Å². The molecule has 0 aromatic heterocycles. The molecule has 1 atom stereocenters. The molecule has 1 aromatic rings. The Balaban J connectivity index is 2.39. The Bertz CT molecular complexity index is 457. The summed E-state index contributed by atoms with van der Waals surface area (Å²) in [5, 5.41) is 11.5. The van der Waals surface area contributed by atoms with Gasteiger partial charge in [-0.2, -0.15) is 0 Å². The Labute approximate surface area is 92.3 Å². The topological polar surface area (TPSA) is 92.4 Å². The normalized spacial score (nSPS) is 19.6. The maximum atomic E-state index is 11.5. The van der Waals surface area contributed by atoms with Gasteiger partial charge in [0.15, 0.2) is 0 Å². The van der Waals surface area contributed by atoms with Gasteiger partial charge < -0.3 is 16.2 Å². The van der Waals surface area contributed by atoms with Crippen LogP contribution in [0.5, 0.6) is 0 Å². The number of aromatic carboxylic acids is 1. The molecule has 0 spiro atoms. The van der Waals surface area contributed by atoms with E-state index in [2.05, 4.69) is 5.32 Å². The van der Waals surface area contributed by atoms with Crippen LogP contribution in [0.3, 0.4) is 0 Å². The van der Waals surface area contributed by atoms with Crippen molar-refractivity contribution >= 4 is 17.6 Å². The van der Waals surface area contributed by atoms with Gasteiger partial charge in [0.1, 0.15) is 0 Å². The average Bonchev–Trinajstić information content (AvgIpc) is 2.38. The minimum atomic E-state index is -1.01. The predicted molar refractivity (Wildman–Crippen MR) is 58.3 cm³/mol. The second-order valence-electron chi connectivity index (χ2n) is 3.81. The number of aryl methyl sites for hydroxylation is 1. The van der Waals surface area contributed by atoms with Crippen LogP contribution in [-0.4, -0.2) is 23.0 Å². The monoisotopic (exact) mass is 220 g/mol. The van der Waals surface area contributed by atoms with Crippen molar-refractivity contribution in [3.8, 4) is 0 Å². The van der Waals surface area contributed by atoms with Gasteiger partial charge in [0, 0.05) is 5.69 Å². The van der Waals surface area contributed by atoms with Crippen molar-refractivity contribution in [3.05, 3.63) is 29.3 Å². The first-order valence-electron chi connectivity index (χ1n) is 5.00. The second-order valence-corrected chi connectivity index (χ2v) is 3.81. The van der Waals surface area contributed by atoms with E-state index in [0.29, 0.717) is 18.5 Å². The molecule has 0 bridgehead atoms. The molecule has 0 saturated carbocycles. The lowest BCUT2D eigenvalue weighted by Gasteiger charge is -2.07. The maximum Gasteiger partial charge on any atom is 0.335 e. The summed E-state index contributed by atoms with van der Waals surface area (Å²) in [6.07, 6.45) is 1.25. The molecule has 1 amide bonds. The third kappa shape index (κ3) is 1.90. The molecule has 1 unspecified atom stereocenters. The molecule has 0 saturated heterocycles. The zero-order chi connectivity index (χ0) is 11.7. The van der Waals surface area contributed by atoms with E-state index in [-0.39, 0.29) is 11.5 Å². The number of nitrogens with two attached hydrogens (primary N) is 1. The van der Waals surface area contributed by atoms with Crippen molar-refractivity contribution < 1.29 is 14.7 Å². The van der Waals surface area contributed by atoms with Crippen LogP contribution in [0.2, 0.25) is 0 Å². The van der Waals surface area contributed by atoms with Gasteiger partial charge in [0.2, 0.25) is 5.91 Å². The molecule has 84 valence electrons. The molecular formula is C11H12N2O3. The number of benzene rings is 1. The van der Waals surface area contributed by atoms with Crippen molar-refractivity contribution in [3.63, 3.8) is 0 Å². The molecule has 2 rings (SSSR count). The quantitative estimate of drug-likeness (QED) is 0.646.